The number of hydrogen-bond acceptors (Lipinski definition) is 4. The molecule has 5 nitrogen and oxygen atoms in total. The van der Waals surface area contributed by atoms with E-state index in [1.54, 1.807) is 0 Å². The summed E-state index contributed by atoms with van der Waals surface area (Å²) in [4.78, 5) is 16.9. The zero-order valence-electron chi connectivity index (χ0n) is 12.8. The number of ether oxygens (including phenoxy) is 2. The second kappa shape index (κ2) is 5.96. The maximum atomic E-state index is 12.1. The molecule has 0 saturated heterocycles. The van der Waals surface area contributed by atoms with Gasteiger partial charge in [-0.15, -0.1) is 0 Å². The SMILES string of the molecule is CC(C)c1ccc2c(c1)sc(=NC(=O)C1=COCCO1)n2C. The van der Waals surface area contributed by atoms with Crippen molar-refractivity contribution >= 4 is 27.5 Å². The van der Waals surface area contributed by atoms with E-state index >= 15 is 0 Å². The summed E-state index contributed by atoms with van der Waals surface area (Å²) in [7, 11) is 1.91. The van der Waals surface area contributed by atoms with Crippen molar-refractivity contribution in [1.82, 2.24) is 4.57 Å². The monoisotopic (exact) mass is 318 g/mol. The summed E-state index contributed by atoms with van der Waals surface area (Å²) < 4.78 is 13.4. The lowest BCUT2D eigenvalue weighted by atomic mass is 10.0. The first kappa shape index (κ1) is 14.8. The Hall–Kier alpha value is -2.08. The van der Waals surface area contributed by atoms with Crippen LogP contribution in [0.2, 0.25) is 0 Å². The van der Waals surface area contributed by atoms with Gasteiger partial charge < -0.3 is 14.0 Å². The van der Waals surface area contributed by atoms with Crippen molar-refractivity contribution in [3.63, 3.8) is 0 Å². The standard InChI is InChI=1S/C16H18N2O3S/c1-10(2)11-4-5-12-14(8-11)22-16(18(12)3)17-15(19)13-9-20-6-7-21-13/h4-5,8-10H,6-7H2,1-3H3. The number of hydrogen-bond donors (Lipinski definition) is 0. The van der Waals surface area contributed by atoms with Crippen LogP contribution in [-0.4, -0.2) is 23.7 Å². The number of fused-ring (bicyclic) bond motifs is 1. The van der Waals surface area contributed by atoms with E-state index in [-0.39, 0.29) is 5.76 Å². The lowest BCUT2D eigenvalue weighted by molar-refractivity contribution is -0.119. The summed E-state index contributed by atoms with van der Waals surface area (Å²) in [6.07, 6.45) is 1.33. The Morgan fingerprint density at radius 1 is 1.36 bits per heavy atom. The second-order valence-electron chi connectivity index (χ2n) is 5.44. The van der Waals surface area contributed by atoms with Gasteiger partial charge in [-0.2, -0.15) is 4.99 Å². The maximum absolute atomic E-state index is 12.1. The van der Waals surface area contributed by atoms with Crippen molar-refractivity contribution < 1.29 is 14.3 Å². The van der Waals surface area contributed by atoms with Gasteiger partial charge in [-0.3, -0.25) is 4.79 Å². The number of aromatic nitrogens is 1. The predicted molar refractivity (Wildman–Crippen MR) is 85.4 cm³/mol. The Balaban J connectivity index is 2.03. The molecule has 22 heavy (non-hydrogen) atoms. The van der Waals surface area contributed by atoms with Crippen LogP contribution in [0.4, 0.5) is 0 Å². The van der Waals surface area contributed by atoms with Crippen LogP contribution in [0.25, 0.3) is 10.2 Å². The summed E-state index contributed by atoms with van der Waals surface area (Å²) in [5, 5.41) is 0. The molecule has 2 heterocycles. The van der Waals surface area contributed by atoms with Crippen molar-refractivity contribution in [3.8, 4) is 0 Å². The van der Waals surface area contributed by atoms with Gasteiger partial charge in [0.15, 0.2) is 4.80 Å². The van der Waals surface area contributed by atoms with Gasteiger partial charge in [0.2, 0.25) is 5.76 Å². The third-order valence-electron chi connectivity index (χ3n) is 3.56. The molecule has 0 N–H and O–H groups in total. The van der Waals surface area contributed by atoms with Gasteiger partial charge >= 0.3 is 5.91 Å². The Labute approximate surface area is 132 Å². The summed E-state index contributed by atoms with van der Waals surface area (Å²) in [5.74, 6) is 0.217. The van der Waals surface area contributed by atoms with Crippen LogP contribution in [0.1, 0.15) is 25.3 Å². The average Bonchev–Trinajstić information content (AvgIpc) is 2.84. The minimum Gasteiger partial charge on any atom is -0.494 e. The van der Waals surface area contributed by atoms with E-state index in [2.05, 4.69) is 37.0 Å². The Morgan fingerprint density at radius 3 is 2.86 bits per heavy atom. The molecule has 2 aromatic rings. The summed E-state index contributed by atoms with van der Waals surface area (Å²) in [5.41, 5.74) is 2.34. The van der Waals surface area contributed by atoms with Gasteiger partial charge in [-0.1, -0.05) is 31.3 Å². The van der Waals surface area contributed by atoms with Crippen LogP contribution in [0.3, 0.4) is 0 Å². The molecule has 0 spiro atoms. The molecule has 3 rings (SSSR count). The number of nitrogens with zero attached hydrogens (tertiary/aromatic N) is 2. The van der Waals surface area contributed by atoms with Crippen LogP contribution >= 0.6 is 11.3 Å². The third kappa shape index (κ3) is 2.78. The molecular formula is C16H18N2O3S. The Bertz CT molecular complexity index is 814. The summed E-state index contributed by atoms with van der Waals surface area (Å²) in [6.45, 7) is 5.17. The quantitative estimate of drug-likeness (QED) is 0.855. The molecule has 0 saturated carbocycles. The average molecular weight is 318 g/mol. The first-order valence-electron chi connectivity index (χ1n) is 7.19. The zero-order chi connectivity index (χ0) is 15.7. The Kier molecular flexibility index (Phi) is 4.02. The van der Waals surface area contributed by atoms with Gasteiger partial charge in [0.05, 0.1) is 10.2 Å². The number of aryl methyl sites for hydroxylation is 1. The van der Waals surface area contributed by atoms with Gasteiger partial charge in [0.25, 0.3) is 0 Å². The number of thiazole rings is 1. The highest BCUT2D eigenvalue weighted by molar-refractivity contribution is 7.16. The number of benzene rings is 1. The van der Waals surface area contributed by atoms with E-state index in [0.29, 0.717) is 23.9 Å². The zero-order valence-corrected chi connectivity index (χ0v) is 13.6. The van der Waals surface area contributed by atoms with Gasteiger partial charge in [0, 0.05) is 7.05 Å². The molecule has 116 valence electrons. The normalized spacial score (nSPS) is 15.6. The molecule has 0 bridgehead atoms. The molecule has 6 heteroatoms. The smallest absolute Gasteiger partial charge is 0.317 e. The van der Waals surface area contributed by atoms with Crippen LogP contribution in [0, 0.1) is 0 Å². The van der Waals surface area contributed by atoms with Gasteiger partial charge in [-0.05, 0) is 23.6 Å². The molecular weight excluding hydrogens is 300 g/mol. The van der Waals surface area contributed by atoms with E-state index in [0.717, 1.165) is 10.2 Å². The van der Waals surface area contributed by atoms with E-state index in [1.165, 1.54) is 23.2 Å². The minimum absolute atomic E-state index is 0.159. The van der Waals surface area contributed by atoms with Crippen LogP contribution in [-0.2, 0) is 21.3 Å². The number of carbonyl (C=O) groups excluding carboxylic acids is 1. The lowest BCUT2D eigenvalue weighted by Gasteiger charge is -2.12. The predicted octanol–water partition coefficient (Wildman–Crippen LogP) is 2.68. The van der Waals surface area contributed by atoms with E-state index < -0.39 is 5.91 Å². The molecule has 1 aromatic carbocycles. The molecule has 1 aliphatic heterocycles. The molecule has 1 aromatic heterocycles. The Morgan fingerprint density at radius 2 is 2.18 bits per heavy atom. The minimum atomic E-state index is -0.411. The molecule has 1 amide bonds. The molecule has 0 atom stereocenters. The van der Waals surface area contributed by atoms with Gasteiger partial charge in [0.1, 0.15) is 19.5 Å². The fourth-order valence-corrected chi connectivity index (χ4v) is 3.30. The topological polar surface area (TPSA) is 52.8 Å². The molecule has 0 radical (unpaired) electrons. The first-order valence-corrected chi connectivity index (χ1v) is 8.01. The number of carbonyl (C=O) groups is 1. The van der Waals surface area contributed by atoms with Crippen molar-refractivity contribution in [2.24, 2.45) is 12.0 Å². The lowest BCUT2D eigenvalue weighted by Crippen LogP contribution is -2.18. The molecule has 0 fully saturated rings. The highest BCUT2D eigenvalue weighted by Crippen LogP contribution is 2.23. The van der Waals surface area contributed by atoms with Crippen molar-refractivity contribution in [2.45, 2.75) is 19.8 Å². The van der Waals surface area contributed by atoms with Crippen LogP contribution in [0.15, 0.2) is 35.2 Å². The van der Waals surface area contributed by atoms with E-state index in [1.807, 2.05) is 11.6 Å². The van der Waals surface area contributed by atoms with Crippen molar-refractivity contribution in [3.05, 3.63) is 40.6 Å². The first-order chi connectivity index (χ1) is 10.6. The molecule has 1 aliphatic rings. The third-order valence-corrected chi connectivity index (χ3v) is 4.65. The van der Waals surface area contributed by atoms with E-state index in [9.17, 15) is 4.79 Å². The maximum Gasteiger partial charge on any atom is 0.317 e. The molecule has 0 unspecified atom stereocenters. The fraction of sp³-hybridized carbons (Fsp3) is 0.375. The van der Waals surface area contributed by atoms with Crippen molar-refractivity contribution in [2.75, 3.05) is 13.2 Å². The van der Waals surface area contributed by atoms with Crippen molar-refractivity contribution in [1.29, 1.82) is 0 Å². The second-order valence-corrected chi connectivity index (χ2v) is 6.45. The van der Waals surface area contributed by atoms with E-state index in [4.69, 9.17) is 9.47 Å². The highest BCUT2D eigenvalue weighted by atomic mass is 32.1. The summed E-state index contributed by atoms with van der Waals surface area (Å²) >= 11 is 1.50. The van der Waals surface area contributed by atoms with Gasteiger partial charge in [-0.25, -0.2) is 0 Å². The summed E-state index contributed by atoms with van der Waals surface area (Å²) in [6, 6.07) is 6.35. The molecule has 0 aliphatic carbocycles. The number of amides is 1. The van der Waals surface area contributed by atoms with Crippen LogP contribution < -0.4 is 4.80 Å². The fourth-order valence-electron chi connectivity index (χ4n) is 2.24. The number of rotatable bonds is 2. The van der Waals surface area contributed by atoms with Crippen LogP contribution in [0.5, 0.6) is 0 Å². The highest BCUT2D eigenvalue weighted by Gasteiger charge is 2.15. The largest absolute Gasteiger partial charge is 0.494 e.